The zero-order valence-corrected chi connectivity index (χ0v) is 10.5. The highest BCUT2D eigenvalue weighted by molar-refractivity contribution is 5.91. The summed E-state index contributed by atoms with van der Waals surface area (Å²) in [5.41, 5.74) is 1.20. The van der Waals surface area contributed by atoms with E-state index in [-0.39, 0.29) is 6.61 Å². The predicted octanol–water partition coefficient (Wildman–Crippen LogP) is 1.18. The SMILES string of the molecule is CCOC(=O)N1c2ccccc2C2(OCCO2)C1O. The minimum atomic E-state index is -1.29. The highest BCUT2D eigenvalue weighted by Crippen LogP contribution is 2.48. The minimum absolute atomic E-state index is 0.235. The van der Waals surface area contributed by atoms with Crippen LogP contribution in [0.4, 0.5) is 10.5 Å². The zero-order valence-electron chi connectivity index (χ0n) is 10.5. The van der Waals surface area contributed by atoms with Gasteiger partial charge in [0.05, 0.1) is 25.5 Å². The number of anilines is 1. The summed E-state index contributed by atoms with van der Waals surface area (Å²) in [5.74, 6) is -1.29. The molecule has 0 bridgehead atoms. The highest BCUT2D eigenvalue weighted by Gasteiger charge is 2.57. The molecule has 1 aromatic rings. The molecule has 0 aromatic heterocycles. The molecule has 1 N–H and O–H groups in total. The van der Waals surface area contributed by atoms with E-state index in [0.29, 0.717) is 24.5 Å². The smallest absolute Gasteiger partial charge is 0.416 e. The molecule has 6 heteroatoms. The van der Waals surface area contributed by atoms with E-state index in [1.54, 1.807) is 25.1 Å². The second kappa shape index (κ2) is 4.48. The number of hydrogen-bond acceptors (Lipinski definition) is 5. The molecule has 2 aliphatic heterocycles. The van der Waals surface area contributed by atoms with Gasteiger partial charge in [-0.05, 0) is 13.0 Å². The Bertz CT molecular complexity index is 498. The number of amides is 1. The molecule has 2 heterocycles. The van der Waals surface area contributed by atoms with Crippen molar-refractivity contribution in [2.45, 2.75) is 18.9 Å². The lowest BCUT2D eigenvalue weighted by Gasteiger charge is -2.28. The van der Waals surface area contributed by atoms with Crippen molar-refractivity contribution >= 4 is 11.8 Å². The second-order valence-corrected chi connectivity index (χ2v) is 4.32. The van der Waals surface area contributed by atoms with Crippen LogP contribution in [0.3, 0.4) is 0 Å². The van der Waals surface area contributed by atoms with Crippen LogP contribution >= 0.6 is 0 Å². The summed E-state index contributed by atoms with van der Waals surface area (Å²) in [7, 11) is 0. The van der Waals surface area contributed by atoms with E-state index < -0.39 is 18.1 Å². The fourth-order valence-corrected chi connectivity index (χ4v) is 2.54. The molecule has 1 amide bonds. The Morgan fingerprint density at radius 1 is 1.47 bits per heavy atom. The molecule has 1 aromatic carbocycles. The Morgan fingerprint density at radius 2 is 2.16 bits per heavy atom. The summed E-state index contributed by atoms with van der Waals surface area (Å²) in [6.07, 6.45) is -1.86. The molecule has 1 spiro atoms. The maximum atomic E-state index is 12.0. The molecule has 102 valence electrons. The molecular formula is C13H15NO5. The number of nitrogens with zero attached hydrogens (tertiary/aromatic N) is 1. The van der Waals surface area contributed by atoms with Crippen molar-refractivity contribution in [2.24, 2.45) is 0 Å². The lowest BCUT2D eigenvalue weighted by molar-refractivity contribution is -0.219. The Balaban J connectivity index is 2.07. The maximum Gasteiger partial charge on any atom is 0.416 e. The van der Waals surface area contributed by atoms with Gasteiger partial charge < -0.3 is 19.3 Å². The molecule has 1 fully saturated rings. The fraction of sp³-hybridized carbons (Fsp3) is 0.462. The van der Waals surface area contributed by atoms with Gasteiger partial charge in [0.2, 0.25) is 5.79 Å². The number of hydrogen-bond donors (Lipinski definition) is 1. The number of rotatable bonds is 1. The van der Waals surface area contributed by atoms with E-state index in [1.165, 1.54) is 4.90 Å². The quantitative estimate of drug-likeness (QED) is 0.825. The third kappa shape index (κ3) is 1.64. The van der Waals surface area contributed by atoms with Gasteiger partial charge in [-0.2, -0.15) is 0 Å². The fourth-order valence-electron chi connectivity index (χ4n) is 2.54. The third-order valence-corrected chi connectivity index (χ3v) is 3.30. The first kappa shape index (κ1) is 12.4. The summed E-state index contributed by atoms with van der Waals surface area (Å²) in [6.45, 7) is 2.70. The predicted molar refractivity (Wildman–Crippen MR) is 65.5 cm³/mol. The number of para-hydroxylation sites is 1. The number of fused-ring (bicyclic) bond motifs is 2. The van der Waals surface area contributed by atoms with Crippen molar-refractivity contribution in [3.63, 3.8) is 0 Å². The molecule has 1 saturated heterocycles. The minimum Gasteiger partial charge on any atom is -0.449 e. The van der Waals surface area contributed by atoms with Crippen LogP contribution in [0.1, 0.15) is 12.5 Å². The Hall–Kier alpha value is -1.63. The van der Waals surface area contributed by atoms with Crippen molar-refractivity contribution in [3.8, 4) is 0 Å². The molecule has 19 heavy (non-hydrogen) atoms. The molecule has 1 atom stereocenters. The van der Waals surface area contributed by atoms with Crippen molar-refractivity contribution in [1.29, 1.82) is 0 Å². The first-order valence-corrected chi connectivity index (χ1v) is 6.22. The summed E-state index contributed by atoms with van der Waals surface area (Å²) in [4.78, 5) is 13.2. The van der Waals surface area contributed by atoms with Crippen LogP contribution in [0.25, 0.3) is 0 Å². The van der Waals surface area contributed by atoms with E-state index in [2.05, 4.69) is 0 Å². The van der Waals surface area contributed by atoms with E-state index in [9.17, 15) is 9.90 Å². The number of benzene rings is 1. The third-order valence-electron chi connectivity index (χ3n) is 3.30. The van der Waals surface area contributed by atoms with Gasteiger partial charge in [0.15, 0.2) is 6.23 Å². The second-order valence-electron chi connectivity index (χ2n) is 4.32. The summed E-state index contributed by atoms with van der Waals surface area (Å²) >= 11 is 0. The standard InChI is InChI=1S/C13H15NO5/c1-2-17-12(16)14-10-6-4-3-5-9(10)13(11(14)15)18-7-8-19-13/h3-6,11,15H,2,7-8H2,1H3. The largest absolute Gasteiger partial charge is 0.449 e. The summed E-state index contributed by atoms with van der Waals surface area (Å²) in [5, 5.41) is 10.4. The van der Waals surface area contributed by atoms with Crippen LogP contribution in [0.2, 0.25) is 0 Å². The first-order chi connectivity index (χ1) is 9.20. The molecular weight excluding hydrogens is 250 g/mol. The van der Waals surface area contributed by atoms with Crippen molar-refractivity contribution < 1.29 is 24.1 Å². The Morgan fingerprint density at radius 3 is 2.84 bits per heavy atom. The number of carbonyl (C=O) groups is 1. The zero-order chi connectivity index (χ0) is 13.5. The van der Waals surface area contributed by atoms with E-state index in [0.717, 1.165) is 0 Å². The van der Waals surface area contributed by atoms with Gasteiger partial charge in [-0.1, -0.05) is 18.2 Å². The highest BCUT2D eigenvalue weighted by atomic mass is 16.8. The average Bonchev–Trinajstić information content (AvgIpc) is 2.98. The lowest BCUT2D eigenvalue weighted by atomic mass is 10.1. The van der Waals surface area contributed by atoms with Gasteiger partial charge in [0, 0.05) is 5.56 Å². The normalized spacial score (nSPS) is 23.7. The van der Waals surface area contributed by atoms with Gasteiger partial charge in [0.25, 0.3) is 0 Å². The molecule has 6 nitrogen and oxygen atoms in total. The number of aliphatic hydroxyl groups excluding tert-OH is 1. The monoisotopic (exact) mass is 265 g/mol. The Kier molecular flexibility index (Phi) is 2.93. The lowest BCUT2D eigenvalue weighted by Crippen LogP contribution is -2.48. The van der Waals surface area contributed by atoms with Gasteiger partial charge in [-0.25, -0.2) is 9.69 Å². The molecule has 0 radical (unpaired) electrons. The van der Waals surface area contributed by atoms with E-state index in [1.807, 2.05) is 6.07 Å². The number of ether oxygens (including phenoxy) is 3. The first-order valence-electron chi connectivity index (χ1n) is 6.22. The van der Waals surface area contributed by atoms with Gasteiger partial charge in [-0.3, -0.25) is 0 Å². The summed E-state index contributed by atoms with van der Waals surface area (Å²) in [6, 6.07) is 7.11. The molecule has 1 unspecified atom stereocenters. The van der Waals surface area contributed by atoms with E-state index >= 15 is 0 Å². The van der Waals surface area contributed by atoms with Crippen LogP contribution < -0.4 is 4.90 Å². The van der Waals surface area contributed by atoms with E-state index in [4.69, 9.17) is 14.2 Å². The van der Waals surface area contributed by atoms with Crippen LogP contribution in [-0.4, -0.2) is 37.2 Å². The topological polar surface area (TPSA) is 68.2 Å². The van der Waals surface area contributed by atoms with Crippen molar-refractivity contribution in [1.82, 2.24) is 0 Å². The molecule has 3 rings (SSSR count). The van der Waals surface area contributed by atoms with Gasteiger partial charge in [-0.15, -0.1) is 0 Å². The number of carbonyl (C=O) groups excluding carboxylic acids is 1. The molecule has 0 saturated carbocycles. The van der Waals surface area contributed by atoms with Crippen molar-refractivity contribution in [3.05, 3.63) is 29.8 Å². The average molecular weight is 265 g/mol. The maximum absolute atomic E-state index is 12.0. The van der Waals surface area contributed by atoms with Crippen LogP contribution in [0, 0.1) is 0 Å². The van der Waals surface area contributed by atoms with Gasteiger partial charge in [0.1, 0.15) is 0 Å². The van der Waals surface area contributed by atoms with Crippen LogP contribution in [0.5, 0.6) is 0 Å². The Labute approximate surface area is 110 Å². The van der Waals surface area contributed by atoms with Crippen LogP contribution in [-0.2, 0) is 20.0 Å². The number of aliphatic hydroxyl groups is 1. The van der Waals surface area contributed by atoms with Crippen LogP contribution in [0.15, 0.2) is 24.3 Å². The molecule has 0 aliphatic carbocycles. The van der Waals surface area contributed by atoms with Crippen molar-refractivity contribution in [2.75, 3.05) is 24.7 Å². The summed E-state index contributed by atoms with van der Waals surface area (Å²) < 4.78 is 16.1. The molecule has 2 aliphatic rings. The van der Waals surface area contributed by atoms with Gasteiger partial charge >= 0.3 is 6.09 Å².